The predicted octanol–water partition coefficient (Wildman–Crippen LogP) is 6.15. The number of amides is 2. The molecule has 43 heavy (non-hydrogen) atoms. The van der Waals surface area contributed by atoms with E-state index in [9.17, 15) is 36.6 Å². The van der Waals surface area contributed by atoms with Crippen LogP contribution in [0.5, 0.6) is 0 Å². The van der Waals surface area contributed by atoms with Crippen molar-refractivity contribution < 1.29 is 45.8 Å². The molecule has 16 heteroatoms. The second-order valence-corrected chi connectivity index (χ2v) is 11.1. The molecule has 1 aliphatic carbocycles. The molecule has 234 valence electrons. The quantitative estimate of drug-likeness (QED) is 0.289. The van der Waals surface area contributed by atoms with Crippen LogP contribution in [-0.4, -0.2) is 61.8 Å². The summed E-state index contributed by atoms with van der Waals surface area (Å²) in [5.41, 5.74) is -1.84. The van der Waals surface area contributed by atoms with Gasteiger partial charge in [0.2, 0.25) is 5.89 Å². The maximum absolute atomic E-state index is 13.8. The summed E-state index contributed by atoms with van der Waals surface area (Å²) in [6, 6.07) is 2.60. The number of halogens is 5. The first kappa shape index (κ1) is 31.8. The fourth-order valence-corrected chi connectivity index (χ4v) is 4.73. The van der Waals surface area contributed by atoms with Gasteiger partial charge in [-0.25, -0.2) is 23.5 Å². The standard InChI is InChI=1S/C27H31F5N6O5/c1-26(2,3)38(25(41)43-14-27(30,31)32)20-10-16(8-9-33-20)24-35-19(13-42-24)23(40)34-18-11-37(36-21(18)22(28)29)17-6-4-15(12-39)5-7-17/h8-11,13,15,17,22,39H,4-7,12,14H2,1-3H3,(H,34,40). The van der Waals surface area contributed by atoms with E-state index in [1.807, 2.05) is 0 Å². The maximum atomic E-state index is 13.8. The largest absolute Gasteiger partial charge is 0.444 e. The van der Waals surface area contributed by atoms with Gasteiger partial charge in [0.1, 0.15) is 12.1 Å². The lowest BCUT2D eigenvalue weighted by atomic mass is 9.87. The number of anilines is 2. The Morgan fingerprint density at radius 3 is 2.51 bits per heavy atom. The van der Waals surface area contributed by atoms with E-state index in [2.05, 4.69) is 25.1 Å². The number of rotatable bonds is 8. The van der Waals surface area contributed by atoms with E-state index in [-0.39, 0.29) is 47.2 Å². The third-order valence-electron chi connectivity index (χ3n) is 6.84. The number of alkyl halides is 5. The second kappa shape index (κ2) is 12.7. The lowest BCUT2D eigenvalue weighted by molar-refractivity contribution is -0.160. The summed E-state index contributed by atoms with van der Waals surface area (Å²) >= 11 is 0. The highest BCUT2D eigenvalue weighted by Crippen LogP contribution is 2.35. The molecule has 0 atom stereocenters. The van der Waals surface area contributed by atoms with E-state index in [1.54, 1.807) is 20.8 Å². The molecule has 2 amide bonds. The molecule has 0 saturated heterocycles. The monoisotopic (exact) mass is 614 g/mol. The number of hydrogen-bond donors (Lipinski definition) is 2. The molecule has 1 fully saturated rings. The molecule has 3 heterocycles. The Kier molecular flexibility index (Phi) is 9.37. The SMILES string of the molecule is CC(C)(C)N(C(=O)OCC(F)(F)F)c1cc(-c2nc(C(=O)Nc3cn(C4CCC(CO)CC4)nc3C(F)F)co2)ccn1. The van der Waals surface area contributed by atoms with Gasteiger partial charge in [-0.3, -0.25) is 14.4 Å². The van der Waals surface area contributed by atoms with Crippen LogP contribution in [-0.2, 0) is 4.74 Å². The fraction of sp³-hybridized carbons (Fsp3) is 0.519. The van der Waals surface area contributed by atoms with Crippen LogP contribution in [0.2, 0.25) is 0 Å². The summed E-state index contributed by atoms with van der Waals surface area (Å²) in [4.78, 5) is 34.6. The number of aliphatic hydroxyl groups is 1. The number of aromatic nitrogens is 4. The van der Waals surface area contributed by atoms with Crippen molar-refractivity contribution in [2.75, 3.05) is 23.4 Å². The van der Waals surface area contributed by atoms with Crippen molar-refractivity contribution in [1.29, 1.82) is 0 Å². The fourth-order valence-electron chi connectivity index (χ4n) is 4.73. The van der Waals surface area contributed by atoms with Crippen LogP contribution in [0.1, 0.15) is 75.1 Å². The van der Waals surface area contributed by atoms with Crippen LogP contribution in [0, 0.1) is 5.92 Å². The summed E-state index contributed by atoms with van der Waals surface area (Å²) in [5, 5.41) is 15.8. The van der Waals surface area contributed by atoms with Gasteiger partial charge >= 0.3 is 12.3 Å². The van der Waals surface area contributed by atoms with Crippen molar-refractivity contribution in [3.8, 4) is 11.5 Å². The first-order valence-electron chi connectivity index (χ1n) is 13.4. The molecular formula is C27H31F5N6O5. The van der Waals surface area contributed by atoms with Gasteiger partial charge in [-0.1, -0.05) is 0 Å². The van der Waals surface area contributed by atoms with Crippen LogP contribution in [0.25, 0.3) is 11.5 Å². The number of pyridine rings is 1. The van der Waals surface area contributed by atoms with E-state index in [0.717, 1.165) is 24.0 Å². The molecule has 0 bridgehead atoms. The number of carbonyl (C=O) groups is 2. The van der Waals surface area contributed by atoms with Gasteiger partial charge < -0.3 is 19.6 Å². The zero-order chi connectivity index (χ0) is 31.5. The molecule has 0 aromatic carbocycles. The van der Waals surface area contributed by atoms with Crippen molar-refractivity contribution in [3.05, 3.63) is 42.2 Å². The first-order valence-corrected chi connectivity index (χ1v) is 13.4. The maximum Gasteiger partial charge on any atom is 0.422 e. The highest BCUT2D eigenvalue weighted by Gasteiger charge is 2.35. The summed E-state index contributed by atoms with van der Waals surface area (Å²) in [5.74, 6) is -0.847. The number of nitrogens with one attached hydrogen (secondary N) is 1. The molecule has 0 unspecified atom stereocenters. The Morgan fingerprint density at radius 1 is 1.21 bits per heavy atom. The number of nitrogens with zero attached hydrogens (tertiary/aromatic N) is 5. The van der Waals surface area contributed by atoms with E-state index in [1.165, 1.54) is 29.2 Å². The lowest BCUT2D eigenvalue weighted by Crippen LogP contribution is -2.47. The van der Waals surface area contributed by atoms with Gasteiger partial charge in [0.15, 0.2) is 18.0 Å². The number of carbonyl (C=O) groups excluding carboxylic acids is 2. The van der Waals surface area contributed by atoms with Gasteiger partial charge in [0.05, 0.1) is 11.7 Å². The minimum absolute atomic E-state index is 0.0663. The molecule has 0 aliphatic heterocycles. The highest BCUT2D eigenvalue weighted by molar-refractivity contribution is 6.03. The Hall–Kier alpha value is -4.08. The van der Waals surface area contributed by atoms with Gasteiger partial charge in [-0.2, -0.15) is 18.3 Å². The van der Waals surface area contributed by atoms with Crippen molar-refractivity contribution in [2.45, 2.75) is 70.6 Å². The van der Waals surface area contributed by atoms with Gasteiger partial charge in [0.25, 0.3) is 12.3 Å². The Balaban J connectivity index is 1.52. The second-order valence-electron chi connectivity index (χ2n) is 11.1. The first-order chi connectivity index (χ1) is 20.2. The van der Waals surface area contributed by atoms with Crippen LogP contribution >= 0.6 is 0 Å². The lowest BCUT2D eigenvalue weighted by Gasteiger charge is -2.33. The van der Waals surface area contributed by atoms with Crippen molar-refractivity contribution >= 4 is 23.5 Å². The van der Waals surface area contributed by atoms with Gasteiger partial charge in [0, 0.05) is 30.1 Å². The zero-order valence-corrected chi connectivity index (χ0v) is 23.6. The van der Waals surface area contributed by atoms with Crippen LogP contribution in [0.4, 0.5) is 38.3 Å². The Labute approximate surface area is 243 Å². The van der Waals surface area contributed by atoms with Crippen molar-refractivity contribution in [1.82, 2.24) is 19.7 Å². The minimum Gasteiger partial charge on any atom is -0.444 e. The smallest absolute Gasteiger partial charge is 0.422 e. The van der Waals surface area contributed by atoms with Crippen LogP contribution in [0.15, 0.2) is 35.2 Å². The topological polar surface area (TPSA) is 136 Å². The molecule has 0 spiro atoms. The van der Waals surface area contributed by atoms with E-state index >= 15 is 0 Å². The average Bonchev–Trinajstić information content (AvgIpc) is 3.59. The molecule has 1 saturated carbocycles. The summed E-state index contributed by atoms with van der Waals surface area (Å²) in [6.45, 7) is 2.99. The summed E-state index contributed by atoms with van der Waals surface area (Å²) in [7, 11) is 0. The molecule has 2 N–H and O–H groups in total. The normalized spacial score (nSPS) is 17.6. The zero-order valence-electron chi connectivity index (χ0n) is 23.6. The average molecular weight is 615 g/mol. The predicted molar refractivity (Wildman–Crippen MR) is 143 cm³/mol. The summed E-state index contributed by atoms with van der Waals surface area (Å²) < 4.78 is 76.7. The van der Waals surface area contributed by atoms with Gasteiger partial charge in [-0.15, -0.1) is 0 Å². The van der Waals surface area contributed by atoms with E-state index in [4.69, 9.17) is 4.42 Å². The Bertz CT molecular complexity index is 1430. The summed E-state index contributed by atoms with van der Waals surface area (Å²) in [6.07, 6.45) is -2.58. The van der Waals surface area contributed by atoms with Crippen molar-refractivity contribution in [3.63, 3.8) is 0 Å². The van der Waals surface area contributed by atoms with E-state index < -0.39 is 42.4 Å². The number of oxazole rings is 1. The van der Waals surface area contributed by atoms with E-state index in [0.29, 0.717) is 12.8 Å². The van der Waals surface area contributed by atoms with Crippen LogP contribution < -0.4 is 10.2 Å². The van der Waals surface area contributed by atoms with Crippen molar-refractivity contribution in [2.24, 2.45) is 5.92 Å². The number of aliphatic hydroxyl groups excluding tert-OH is 1. The molecule has 4 rings (SSSR count). The number of ether oxygens (including phenoxy) is 1. The molecule has 1 aliphatic rings. The van der Waals surface area contributed by atoms with Gasteiger partial charge in [-0.05, 0) is 64.5 Å². The molecule has 3 aromatic rings. The third-order valence-corrected chi connectivity index (χ3v) is 6.84. The Morgan fingerprint density at radius 2 is 1.91 bits per heavy atom. The minimum atomic E-state index is -4.72. The highest BCUT2D eigenvalue weighted by atomic mass is 19.4. The third kappa shape index (κ3) is 7.86. The molecular weight excluding hydrogens is 583 g/mol. The molecule has 0 radical (unpaired) electrons. The van der Waals surface area contributed by atoms with Crippen LogP contribution in [0.3, 0.4) is 0 Å². The molecule has 3 aromatic heterocycles. The molecule has 11 nitrogen and oxygen atoms in total. The number of hydrogen-bond acceptors (Lipinski definition) is 8.